The maximum absolute atomic E-state index is 13.6. The normalized spacial score (nSPS) is 16.4. The van der Waals surface area contributed by atoms with Crippen LogP contribution in [0.4, 0.5) is 10.1 Å². The van der Waals surface area contributed by atoms with Gasteiger partial charge >= 0.3 is 0 Å². The molecule has 0 saturated carbocycles. The lowest BCUT2D eigenvalue weighted by Gasteiger charge is -2.36. The highest BCUT2D eigenvalue weighted by atomic mass is 32.2. The Bertz CT molecular complexity index is 1320. The van der Waals surface area contributed by atoms with Crippen LogP contribution in [0.2, 0.25) is 0 Å². The van der Waals surface area contributed by atoms with Crippen molar-refractivity contribution in [3.8, 4) is 11.5 Å². The van der Waals surface area contributed by atoms with E-state index < -0.39 is 15.8 Å². The van der Waals surface area contributed by atoms with E-state index in [1.54, 1.807) is 0 Å². The predicted octanol–water partition coefficient (Wildman–Crippen LogP) is 4.32. The molecular weight excluding hydrogens is 429 g/mol. The molecule has 2 heterocycles. The standard InChI is InChI=1S/C24H22FN3O3S/c1-17-9-10-22-20(15-17)24(26-21-7-2-3-8-23(21)31-22)27-11-13-28(14-12-27)32(29,30)19-6-4-5-18(25)16-19/h2-10,15-16H,11-14H2,1H3. The van der Waals surface area contributed by atoms with E-state index in [-0.39, 0.29) is 18.0 Å². The smallest absolute Gasteiger partial charge is 0.243 e. The lowest BCUT2D eigenvalue weighted by molar-refractivity contribution is 0.266. The summed E-state index contributed by atoms with van der Waals surface area (Å²) in [5.74, 6) is 1.59. The molecule has 0 N–H and O–H groups in total. The molecule has 0 atom stereocenters. The summed E-state index contributed by atoms with van der Waals surface area (Å²) in [7, 11) is -3.76. The molecule has 5 rings (SSSR count). The van der Waals surface area contributed by atoms with Gasteiger partial charge in [0.1, 0.15) is 23.1 Å². The van der Waals surface area contributed by atoms with Crippen molar-refractivity contribution in [3.05, 3.63) is 83.7 Å². The van der Waals surface area contributed by atoms with Gasteiger partial charge in [0.25, 0.3) is 0 Å². The van der Waals surface area contributed by atoms with Gasteiger partial charge in [-0.1, -0.05) is 29.8 Å². The molecular formula is C24H22FN3O3S. The third-order valence-electron chi connectivity index (χ3n) is 5.66. The highest BCUT2D eigenvalue weighted by molar-refractivity contribution is 7.89. The molecule has 0 unspecified atom stereocenters. The van der Waals surface area contributed by atoms with Crippen LogP contribution in [0.1, 0.15) is 11.1 Å². The number of para-hydroxylation sites is 2. The Labute approximate surface area is 186 Å². The summed E-state index contributed by atoms with van der Waals surface area (Å²) in [6.45, 7) is 3.49. The monoisotopic (exact) mass is 451 g/mol. The molecule has 2 aliphatic heterocycles. The average Bonchev–Trinajstić information content (AvgIpc) is 2.96. The number of amidine groups is 1. The van der Waals surface area contributed by atoms with Gasteiger partial charge in [-0.25, -0.2) is 17.8 Å². The summed E-state index contributed by atoms with van der Waals surface area (Å²) in [6.07, 6.45) is 0. The van der Waals surface area contributed by atoms with Crippen molar-refractivity contribution in [2.24, 2.45) is 4.99 Å². The first-order chi connectivity index (χ1) is 15.4. The van der Waals surface area contributed by atoms with Gasteiger partial charge < -0.3 is 9.64 Å². The molecule has 0 bridgehead atoms. The molecule has 8 heteroatoms. The van der Waals surface area contributed by atoms with Gasteiger partial charge in [-0.2, -0.15) is 4.31 Å². The molecule has 0 aliphatic carbocycles. The van der Waals surface area contributed by atoms with Crippen molar-refractivity contribution >= 4 is 21.5 Å². The second-order valence-electron chi connectivity index (χ2n) is 7.85. The molecule has 3 aromatic rings. The molecule has 0 amide bonds. The quantitative estimate of drug-likeness (QED) is 0.582. The zero-order chi connectivity index (χ0) is 22.3. The fourth-order valence-corrected chi connectivity index (χ4v) is 5.45. The number of nitrogens with zero attached hydrogens (tertiary/aromatic N) is 3. The zero-order valence-corrected chi connectivity index (χ0v) is 18.3. The summed E-state index contributed by atoms with van der Waals surface area (Å²) < 4.78 is 47.1. The molecule has 1 fully saturated rings. The number of hydrogen-bond donors (Lipinski definition) is 0. The molecule has 0 radical (unpaired) electrons. The number of halogens is 1. The largest absolute Gasteiger partial charge is 0.454 e. The van der Waals surface area contributed by atoms with E-state index in [9.17, 15) is 12.8 Å². The highest BCUT2D eigenvalue weighted by Gasteiger charge is 2.31. The van der Waals surface area contributed by atoms with E-state index in [2.05, 4.69) is 4.90 Å². The zero-order valence-electron chi connectivity index (χ0n) is 17.5. The number of aliphatic imine (C=N–C) groups is 1. The van der Waals surface area contributed by atoms with Crippen LogP contribution in [0, 0.1) is 12.7 Å². The summed E-state index contributed by atoms with van der Waals surface area (Å²) in [6, 6.07) is 18.7. The fraction of sp³-hybridized carbons (Fsp3) is 0.208. The van der Waals surface area contributed by atoms with Gasteiger partial charge in [-0.3, -0.25) is 0 Å². The van der Waals surface area contributed by atoms with Crippen LogP contribution in [-0.4, -0.2) is 49.6 Å². The number of aryl methyl sites for hydroxylation is 1. The second-order valence-corrected chi connectivity index (χ2v) is 9.79. The second kappa shape index (κ2) is 8.03. The van der Waals surface area contributed by atoms with Crippen LogP contribution in [0.15, 0.2) is 76.6 Å². The minimum atomic E-state index is -3.76. The van der Waals surface area contributed by atoms with Gasteiger partial charge in [0, 0.05) is 26.2 Å². The minimum Gasteiger partial charge on any atom is -0.454 e. The van der Waals surface area contributed by atoms with E-state index in [0.29, 0.717) is 24.6 Å². The maximum Gasteiger partial charge on any atom is 0.243 e. The molecule has 1 saturated heterocycles. The number of piperazine rings is 1. The van der Waals surface area contributed by atoms with Crippen LogP contribution in [0.5, 0.6) is 11.5 Å². The number of sulfonamides is 1. The Morgan fingerprint density at radius 2 is 1.69 bits per heavy atom. The van der Waals surface area contributed by atoms with Crippen molar-refractivity contribution < 1.29 is 17.5 Å². The van der Waals surface area contributed by atoms with E-state index in [1.165, 1.54) is 22.5 Å². The SMILES string of the molecule is Cc1ccc2c(c1)C(N1CCN(S(=O)(=O)c3cccc(F)c3)CC1)=Nc1ccccc1O2. The molecule has 6 nitrogen and oxygen atoms in total. The van der Waals surface area contributed by atoms with Crippen LogP contribution >= 0.6 is 0 Å². The lowest BCUT2D eigenvalue weighted by Crippen LogP contribution is -2.50. The summed E-state index contributed by atoms with van der Waals surface area (Å²) in [4.78, 5) is 6.96. The first-order valence-corrected chi connectivity index (χ1v) is 11.8. The summed E-state index contributed by atoms with van der Waals surface area (Å²) >= 11 is 0. The number of rotatable bonds is 2. The van der Waals surface area contributed by atoms with Gasteiger partial charge in [0.2, 0.25) is 10.0 Å². The summed E-state index contributed by atoms with van der Waals surface area (Å²) in [5, 5.41) is 0. The predicted molar refractivity (Wildman–Crippen MR) is 121 cm³/mol. The van der Waals surface area contributed by atoms with E-state index in [1.807, 2.05) is 49.4 Å². The summed E-state index contributed by atoms with van der Waals surface area (Å²) in [5.41, 5.74) is 2.69. The van der Waals surface area contributed by atoms with Crippen molar-refractivity contribution in [3.63, 3.8) is 0 Å². The topological polar surface area (TPSA) is 62.2 Å². The average molecular weight is 452 g/mol. The number of benzene rings is 3. The van der Waals surface area contributed by atoms with Crippen LogP contribution in [0.25, 0.3) is 0 Å². The Morgan fingerprint density at radius 1 is 0.906 bits per heavy atom. The van der Waals surface area contributed by atoms with Crippen LogP contribution in [0.3, 0.4) is 0 Å². The van der Waals surface area contributed by atoms with Crippen molar-refractivity contribution in [1.29, 1.82) is 0 Å². The molecule has 2 aliphatic rings. The molecule has 32 heavy (non-hydrogen) atoms. The van der Waals surface area contributed by atoms with Gasteiger partial charge in [0.05, 0.1) is 10.5 Å². The number of ether oxygens (including phenoxy) is 1. The Kier molecular flexibility index (Phi) is 5.19. The Balaban J connectivity index is 1.45. The number of fused-ring (bicyclic) bond motifs is 2. The molecule has 0 spiro atoms. The van der Waals surface area contributed by atoms with E-state index in [4.69, 9.17) is 9.73 Å². The molecule has 164 valence electrons. The molecule has 3 aromatic carbocycles. The highest BCUT2D eigenvalue weighted by Crippen LogP contribution is 2.38. The fourth-order valence-electron chi connectivity index (χ4n) is 3.99. The molecule has 0 aromatic heterocycles. The third-order valence-corrected chi connectivity index (χ3v) is 7.55. The van der Waals surface area contributed by atoms with Gasteiger partial charge in [0.15, 0.2) is 5.75 Å². The van der Waals surface area contributed by atoms with Crippen molar-refractivity contribution in [1.82, 2.24) is 9.21 Å². The van der Waals surface area contributed by atoms with E-state index in [0.717, 1.165) is 28.7 Å². The Morgan fingerprint density at radius 3 is 2.47 bits per heavy atom. The minimum absolute atomic E-state index is 0.0268. The van der Waals surface area contributed by atoms with Crippen molar-refractivity contribution in [2.75, 3.05) is 26.2 Å². The van der Waals surface area contributed by atoms with Gasteiger partial charge in [-0.05, 0) is 49.4 Å². The van der Waals surface area contributed by atoms with Gasteiger partial charge in [-0.15, -0.1) is 0 Å². The number of hydrogen-bond acceptors (Lipinski definition) is 5. The Hall–Kier alpha value is -3.23. The van der Waals surface area contributed by atoms with Crippen LogP contribution in [-0.2, 0) is 10.0 Å². The lowest BCUT2D eigenvalue weighted by atomic mass is 10.1. The van der Waals surface area contributed by atoms with E-state index >= 15 is 0 Å². The first kappa shape index (κ1) is 20.7. The van der Waals surface area contributed by atoms with Crippen molar-refractivity contribution in [2.45, 2.75) is 11.8 Å². The third kappa shape index (κ3) is 3.76. The van der Waals surface area contributed by atoms with Crippen LogP contribution < -0.4 is 4.74 Å². The maximum atomic E-state index is 13.6. The first-order valence-electron chi connectivity index (χ1n) is 10.4.